The SMILES string of the molecule is COCCC1CCCCN1C(=O)OC(C)(C)C. The van der Waals surface area contributed by atoms with Gasteiger partial charge in [-0.3, -0.25) is 0 Å². The molecule has 100 valence electrons. The molecule has 1 rings (SSSR count). The normalized spacial score (nSPS) is 21.4. The van der Waals surface area contributed by atoms with E-state index in [4.69, 9.17) is 9.47 Å². The molecule has 0 aromatic carbocycles. The molecule has 0 aliphatic carbocycles. The Bertz CT molecular complexity index is 248. The predicted molar refractivity (Wildman–Crippen MR) is 67.1 cm³/mol. The lowest BCUT2D eigenvalue weighted by atomic mass is 10.0. The first kappa shape index (κ1) is 14.3. The Morgan fingerprint density at radius 3 is 2.65 bits per heavy atom. The summed E-state index contributed by atoms with van der Waals surface area (Å²) < 4.78 is 10.5. The summed E-state index contributed by atoms with van der Waals surface area (Å²) >= 11 is 0. The first-order valence-corrected chi connectivity index (χ1v) is 6.42. The number of piperidine rings is 1. The van der Waals surface area contributed by atoms with Gasteiger partial charge in [-0.2, -0.15) is 0 Å². The van der Waals surface area contributed by atoms with Crippen molar-refractivity contribution in [3.05, 3.63) is 0 Å². The van der Waals surface area contributed by atoms with Crippen molar-refractivity contribution in [3.8, 4) is 0 Å². The third-order valence-electron chi connectivity index (χ3n) is 2.91. The molecule has 17 heavy (non-hydrogen) atoms. The van der Waals surface area contributed by atoms with Crippen molar-refractivity contribution in [2.24, 2.45) is 0 Å². The maximum Gasteiger partial charge on any atom is 0.410 e. The third-order valence-corrected chi connectivity index (χ3v) is 2.91. The molecule has 4 heteroatoms. The van der Waals surface area contributed by atoms with E-state index in [9.17, 15) is 4.79 Å². The van der Waals surface area contributed by atoms with E-state index in [1.807, 2.05) is 25.7 Å². The second-order valence-corrected chi connectivity index (χ2v) is 5.60. The first-order chi connectivity index (χ1) is 7.94. The second-order valence-electron chi connectivity index (χ2n) is 5.60. The van der Waals surface area contributed by atoms with Gasteiger partial charge in [-0.25, -0.2) is 4.79 Å². The van der Waals surface area contributed by atoms with Crippen LogP contribution < -0.4 is 0 Å². The summed E-state index contributed by atoms with van der Waals surface area (Å²) in [7, 11) is 1.70. The highest BCUT2D eigenvalue weighted by molar-refractivity contribution is 5.68. The molecular weight excluding hydrogens is 218 g/mol. The zero-order chi connectivity index (χ0) is 12.9. The number of methoxy groups -OCH3 is 1. The fraction of sp³-hybridized carbons (Fsp3) is 0.923. The highest BCUT2D eigenvalue weighted by atomic mass is 16.6. The molecule has 1 unspecified atom stereocenters. The molecule has 1 heterocycles. The summed E-state index contributed by atoms with van der Waals surface area (Å²) in [6.45, 7) is 7.21. The van der Waals surface area contributed by atoms with E-state index in [0.717, 1.165) is 25.8 Å². The maximum atomic E-state index is 12.1. The zero-order valence-electron chi connectivity index (χ0n) is 11.5. The lowest BCUT2D eigenvalue weighted by molar-refractivity contribution is 0.00595. The van der Waals surface area contributed by atoms with Gasteiger partial charge in [-0.05, 0) is 46.5 Å². The molecule has 1 fully saturated rings. The van der Waals surface area contributed by atoms with Crippen LogP contribution in [0.25, 0.3) is 0 Å². The van der Waals surface area contributed by atoms with E-state index < -0.39 is 5.60 Å². The van der Waals surface area contributed by atoms with Crippen LogP contribution in [0.1, 0.15) is 46.5 Å². The number of ether oxygens (including phenoxy) is 2. The number of carbonyl (C=O) groups excluding carboxylic acids is 1. The van der Waals surface area contributed by atoms with Gasteiger partial charge in [-0.1, -0.05) is 0 Å². The van der Waals surface area contributed by atoms with Gasteiger partial charge < -0.3 is 14.4 Å². The first-order valence-electron chi connectivity index (χ1n) is 6.42. The minimum Gasteiger partial charge on any atom is -0.444 e. The average Bonchev–Trinajstić information content (AvgIpc) is 2.24. The lowest BCUT2D eigenvalue weighted by Crippen LogP contribution is -2.46. The van der Waals surface area contributed by atoms with Crippen LogP contribution in [0.4, 0.5) is 4.79 Å². The van der Waals surface area contributed by atoms with Crippen LogP contribution in [0.3, 0.4) is 0 Å². The van der Waals surface area contributed by atoms with Crippen molar-refractivity contribution < 1.29 is 14.3 Å². The number of hydrogen-bond donors (Lipinski definition) is 0. The maximum absolute atomic E-state index is 12.1. The molecule has 1 amide bonds. The van der Waals surface area contributed by atoms with Crippen LogP contribution in [0.2, 0.25) is 0 Å². The molecule has 4 nitrogen and oxygen atoms in total. The van der Waals surface area contributed by atoms with E-state index in [1.165, 1.54) is 6.42 Å². The Morgan fingerprint density at radius 1 is 1.35 bits per heavy atom. The largest absolute Gasteiger partial charge is 0.444 e. The summed E-state index contributed by atoms with van der Waals surface area (Å²) in [5.74, 6) is 0. The Morgan fingerprint density at radius 2 is 2.06 bits per heavy atom. The topological polar surface area (TPSA) is 38.8 Å². The van der Waals surface area contributed by atoms with Crippen LogP contribution in [0.5, 0.6) is 0 Å². The number of likely N-dealkylation sites (tertiary alicyclic amines) is 1. The molecule has 1 aliphatic rings. The second kappa shape index (κ2) is 6.24. The summed E-state index contributed by atoms with van der Waals surface area (Å²) in [6, 6.07) is 0.276. The molecule has 0 aromatic rings. The average molecular weight is 243 g/mol. The van der Waals surface area contributed by atoms with E-state index in [1.54, 1.807) is 7.11 Å². The molecule has 1 aliphatic heterocycles. The van der Waals surface area contributed by atoms with Gasteiger partial charge in [-0.15, -0.1) is 0 Å². The van der Waals surface area contributed by atoms with Crippen LogP contribution in [-0.4, -0.2) is 42.9 Å². The Labute approximate surface area is 104 Å². The van der Waals surface area contributed by atoms with Crippen LogP contribution >= 0.6 is 0 Å². The van der Waals surface area contributed by atoms with Gasteiger partial charge in [0.2, 0.25) is 0 Å². The van der Waals surface area contributed by atoms with E-state index in [-0.39, 0.29) is 12.1 Å². The summed E-state index contributed by atoms with van der Waals surface area (Å²) in [5.41, 5.74) is -0.416. The van der Waals surface area contributed by atoms with Gasteiger partial charge >= 0.3 is 6.09 Å². The number of hydrogen-bond acceptors (Lipinski definition) is 3. The van der Waals surface area contributed by atoms with Crippen molar-refractivity contribution in [1.82, 2.24) is 4.90 Å². The van der Waals surface area contributed by atoms with Gasteiger partial charge in [0.15, 0.2) is 0 Å². The third kappa shape index (κ3) is 4.94. The fourth-order valence-corrected chi connectivity index (χ4v) is 2.12. The number of rotatable bonds is 3. The van der Waals surface area contributed by atoms with Crippen LogP contribution in [-0.2, 0) is 9.47 Å². The molecule has 1 saturated heterocycles. The standard InChI is InChI=1S/C13H25NO3/c1-13(2,3)17-12(15)14-9-6-5-7-11(14)8-10-16-4/h11H,5-10H2,1-4H3. The molecule has 0 radical (unpaired) electrons. The molecule has 0 aromatic heterocycles. The van der Waals surface area contributed by atoms with E-state index in [2.05, 4.69) is 0 Å². The molecule has 0 saturated carbocycles. The minimum atomic E-state index is -0.416. The van der Waals surface area contributed by atoms with E-state index >= 15 is 0 Å². The summed E-state index contributed by atoms with van der Waals surface area (Å²) in [5, 5.41) is 0. The zero-order valence-corrected chi connectivity index (χ0v) is 11.5. The molecule has 0 bridgehead atoms. The molecular formula is C13H25NO3. The Balaban J connectivity index is 2.54. The number of amides is 1. The lowest BCUT2D eigenvalue weighted by Gasteiger charge is -2.36. The molecule has 0 spiro atoms. The molecule has 1 atom stereocenters. The van der Waals surface area contributed by atoms with E-state index in [0.29, 0.717) is 6.61 Å². The summed E-state index contributed by atoms with van der Waals surface area (Å²) in [4.78, 5) is 13.9. The van der Waals surface area contributed by atoms with Crippen LogP contribution in [0, 0.1) is 0 Å². The minimum absolute atomic E-state index is 0.182. The van der Waals surface area contributed by atoms with Crippen molar-refractivity contribution >= 4 is 6.09 Å². The number of carbonyl (C=O) groups is 1. The smallest absolute Gasteiger partial charge is 0.410 e. The fourth-order valence-electron chi connectivity index (χ4n) is 2.12. The van der Waals surface area contributed by atoms with Crippen molar-refractivity contribution in [3.63, 3.8) is 0 Å². The van der Waals surface area contributed by atoms with Crippen LogP contribution in [0.15, 0.2) is 0 Å². The highest BCUT2D eigenvalue weighted by Gasteiger charge is 2.29. The van der Waals surface area contributed by atoms with Gasteiger partial charge in [0.25, 0.3) is 0 Å². The Kier molecular flexibility index (Phi) is 5.25. The Hall–Kier alpha value is -0.770. The van der Waals surface area contributed by atoms with Gasteiger partial charge in [0, 0.05) is 26.3 Å². The van der Waals surface area contributed by atoms with Crippen molar-refractivity contribution in [1.29, 1.82) is 0 Å². The predicted octanol–water partition coefficient (Wildman–Crippen LogP) is 2.81. The van der Waals surface area contributed by atoms with Gasteiger partial charge in [0.1, 0.15) is 5.60 Å². The quantitative estimate of drug-likeness (QED) is 0.765. The van der Waals surface area contributed by atoms with Crippen molar-refractivity contribution in [2.75, 3.05) is 20.3 Å². The number of nitrogens with zero attached hydrogens (tertiary/aromatic N) is 1. The monoisotopic (exact) mass is 243 g/mol. The molecule has 0 N–H and O–H groups in total. The summed E-state index contributed by atoms with van der Waals surface area (Å²) in [6.07, 6.45) is 4.03. The van der Waals surface area contributed by atoms with Crippen molar-refractivity contribution in [2.45, 2.75) is 58.1 Å². The van der Waals surface area contributed by atoms with Gasteiger partial charge in [0.05, 0.1) is 0 Å². The highest BCUT2D eigenvalue weighted by Crippen LogP contribution is 2.22.